The highest BCUT2D eigenvalue weighted by atomic mass is 16.5. The zero-order valence-corrected chi connectivity index (χ0v) is 10.6. The summed E-state index contributed by atoms with van der Waals surface area (Å²) in [7, 11) is 0. The van der Waals surface area contributed by atoms with Crippen molar-refractivity contribution in [3.8, 4) is 0 Å². The van der Waals surface area contributed by atoms with E-state index in [-0.39, 0.29) is 11.4 Å². The van der Waals surface area contributed by atoms with Crippen LogP contribution < -0.4 is 0 Å². The van der Waals surface area contributed by atoms with Gasteiger partial charge in [0, 0.05) is 6.42 Å². The topological polar surface area (TPSA) is 35.5 Å². The molecule has 0 radical (unpaired) electrons. The highest BCUT2D eigenvalue weighted by Crippen LogP contribution is 2.31. The Balaban J connectivity index is 2.05. The molecule has 0 amide bonds. The van der Waals surface area contributed by atoms with Crippen LogP contribution in [0.1, 0.15) is 52.4 Å². The monoisotopic (exact) mass is 228 g/mol. The Morgan fingerprint density at radius 2 is 2.00 bits per heavy atom. The minimum atomic E-state index is -0.0455. The van der Waals surface area contributed by atoms with Crippen LogP contribution in [0.15, 0.2) is 0 Å². The molecule has 0 atom stereocenters. The van der Waals surface area contributed by atoms with Crippen LogP contribution in [-0.2, 0) is 14.3 Å². The van der Waals surface area contributed by atoms with Gasteiger partial charge in [-0.05, 0) is 12.8 Å². The second-order valence-corrected chi connectivity index (χ2v) is 4.82. The zero-order chi connectivity index (χ0) is 11.9. The predicted molar refractivity (Wildman–Crippen MR) is 63.3 cm³/mol. The molecule has 1 aliphatic rings. The number of carbonyl (C=O) groups is 1. The van der Waals surface area contributed by atoms with Gasteiger partial charge in [-0.25, -0.2) is 0 Å². The molecular formula is C13H24O3. The third-order valence-corrected chi connectivity index (χ3v) is 3.34. The number of rotatable bonds is 8. The van der Waals surface area contributed by atoms with Crippen LogP contribution in [0.2, 0.25) is 0 Å². The lowest BCUT2D eigenvalue weighted by molar-refractivity contribution is -0.170. The summed E-state index contributed by atoms with van der Waals surface area (Å²) in [6.45, 7) is 6.31. The van der Waals surface area contributed by atoms with Crippen molar-refractivity contribution in [2.75, 3.05) is 19.8 Å². The van der Waals surface area contributed by atoms with Gasteiger partial charge < -0.3 is 9.47 Å². The van der Waals surface area contributed by atoms with Crippen LogP contribution in [0.4, 0.5) is 0 Å². The summed E-state index contributed by atoms with van der Waals surface area (Å²) in [5.74, 6) is -0.0455. The summed E-state index contributed by atoms with van der Waals surface area (Å²) < 4.78 is 10.5. The SMILES string of the molecule is CCCCCCC(=O)OCC1(CC)COC1. The van der Waals surface area contributed by atoms with E-state index in [0.29, 0.717) is 13.0 Å². The molecule has 0 saturated carbocycles. The molecule has 0 unspecified atom stereocenters. The minimum absolute atomic E-state index is 0.0455. The Bertz CT molecular complexity index is 204. The van der Waals surface area contributed by atoms with E-state index >= 15 is 0 Å². The molecular weight excluding hydrogens is 204 g/mol. The summed E-state index contributed by atoms with van der Waals surface area (Å²) in [5, 5.41) is 0. The fourth-order valence-corrected chi connectivity index (χ4v) is 1.78. The van der Waals surface area contributed by atoms with E-state index in [2.05, 4.69) is 13.8 Å². The quantitative estimate of drug-likeness (QED) is 0.473. The van der Waals surface area contributed by atoms with Gasteiger partial charge in [0.2, 0.25) is 0 Å². The lowest BCUT2D eigenvalue weighted by Gasteiger charge is -2.39. The Labute approximate surface area is 98.5 Å². The van der Waals surface area contributed by atoms with Gasteiger partial charge in [-0.3, -0.25) is 4.79 Å². The second kappa shape index (κ2) is 6.89. The first-order chi connectivity index (χ1) is 7.72. The summed E-state index contributed by atoms with van der Waals surface area (Å²) in [4.78, 5) is 11.4. The van der Waals surface area contributed by atoms with Gasteiger partial charge >= 0.3 is 5.97 Å². The van der Waals surface area contributed by atoms with E-state index in [1.807, 2.05) is 0 Å². The van der Waals surface area contributed by atoms with E-state index in [1.54, 1.807) is 0 Å². The standard InChI is InChI=1S/C13H24O3/c1-3-5-6-7-8-12(14)16-11-13(4-2)9-15-10-13/h3-11H2,1-2H3. The molecule has 0 aliphatic carbocycles. The van der Waals surface area contributed by atoms with Crippen molar-refractivity contribution < 1.29 is 14.3 Å². The van der Waals surface area contributed by atoms with Gasteiger partial charge in [0.15, 0.2) is 0 Å². The van der Waals surface area contributed by atoms with Crippen LogP contribution in [0.5, 0.6) is 0 Å². The zero-order valence-electron chi connectivity index (χ0n) is 10.6. The fraction of sp³-hybridized carbons (Fsp3) is 0.923. The van der Waals surface area contributed by atoms with Gasteiger partial charge in [0.25, 0.3) is 0 Å². The molecule has 3 nitrogen and oxygen atoms in total. The smallest absolute Gasteiger partial charge is 0.305 e. The van der Waals surface area contributed by atoms with E-state index < -0.39 is 0 Å². The number of esters is 1. The maximum atomic E-state index is 11.4. The van der Waals surface area contributed by atoms with Gasteiger partial charge in [-0.2, -0.15) is 0 Å². The van der Waals surface area contributed by atoms with Crippen molar-refractivity contribution in [3.63, 3.8) is 0 Å². The predicted octanol–water partition coefficient (Wildman–Crippen LogP) is 2.93. The molecule has 3 heteroatoms. The summed E-state index contributed by atoms with van der Waals surface area (Å²) >= 11 is 0. The molecule has 0 N–H and O–H groups in total. The third-order valence-electron chi connectivity index (χ3n) is 3.34. The Kier molecular flexibility index (Phi) is 5.81. The number of ether oxygens (including phenoxy) is 2. The van der Waals surface area contributed by atoms with E-state index in [9.17, 15) is 4.79 Å². The van der Waals surface area contributed by atoms with Crippen LogP contribution in [0, 0.1) is 5.41 Å². The van der Waals surface area contributed by atoms with Crippen LogP contribution >= 0.6 is 0 Å². The molecule has 0 aromatic heterocycles. The molecule has 1 heterocycles. The fourth-order valence-electron chi connectivity index (χ4n) is 1.78. The van der Waals surface area contributed by atoms with Crippen molar-refractivity contribution in [3.05, 3.63) is 0 Å². The third kappa shape index (κ3) is 4.12. The summed E-state index contributed by atoms with van der Waals surface area (Å²) in [6.07, 6.45) is 6.10. The number of carbonyl (C=O) groups excluding carboxylic acids is 1. The van der Waals surface area contributed by atoms with Gasteiger partial charge in [0.1, 0.15) is 6.61 Å². The van der Waals surface area contributed by atoms with E-state index in [0.717, 1.165) is 32.5 Å². The Morgan fingerprint density at radius 1 is 1.25 bits per heavy atom. The lowest BCUT2D eigenvalue weighted by Crippen LogP contribution is -2.46. The van der Waals surface area contributed by atoms with Crippen molar-refractivity contribution in [1.82, 2.24) is 0 Å². The first-order valence-corrected chi connectivity index (χ1v) is 6.46. The molecule has 1 saturated heterocycles. The average Bonchev–Trinajstić information content (AvgIpc) is 2.24. The highest BCUT2D eigenvalue weighted by molar-refractivity contribution is 5.69. The maximum Gasteiger partial charge on any atom is 0.305 e. The van der Waals surface area contributed by atoms with Crippen molar-refractivity contribution >= 4 is 5.97 Å². The number of hydrogen-bond donors (Lipinski definition) is 0. The van der Waals surface area contributed by atoms with Crippen molar-refractivity contribution in [2.45, 2.75) is 52.4 Å². The molecule has 0 bridgehead atoms. The van der Waals surface area contributed by atoms with Crippen LogP contribution in [0.3, 0.4) is 0 Å². The lowest BCUT2D eigenvalue weighted by atomic mass is 9.84. The van der Waals surface area contributed by atoms with Crippen molar-refractivity contribution in [1.29, 1.82) is 0 Å². The number of unbranched alkanes of at least 4 members (excludes halogenated alkanes) is 3. The average molecular weight is 228 g/mol. The molecule has 0 aromatic carbocycles. The Morgan fingerprint density at radius 3 is 2.50 bits per heavy atom. The van der Waals surface area contributed by atoms with Crippen LogP contribution in [-0.4, -0.2) is 25.8 Å². The molecule has 94 valence electrons. The molecule has 1 fully saturated rings. The van der Waals surface area contributed by atoms with Gasteiger partial charge in [-0.15, -0.1) is 0 Å². The molecule has 1 aliphatic heterocycles. The summed E-state index contributed by atoms with van der Waals surface area (Å²) in [6, 6.07) is 0. The normalized spacial score (nSPS) is 17.9. The molecule has 0 spiro atoms. The van der Waals surface area contributed by atoms with Crippen molar-refractivity contribution in [2.24, 2.45) is 5.41 Å². The second-order valence-electron chi connectivity index (χ2n) is 4.82. The van der Waals surface area contributed by atoms with Crippen LogP contribution in [0.25, 0.3) is 0 Å². The van der Waals surface area contributed by atoms with Gasteiger partial charge in [-0.1, -0.05) is 33.1 Å². The maximum absolute atomic E-state index is 11.4. The van der Waals surface area contributed by atoms with Gasteiger partial charge in [0.05, 0.1) is 18.6 Å². The first-order valence-electron chi connectivity index (χ1n) is 6.46. The molecule has 0 aromatic rings. The highest BCUT2D eigenvalue weighted by Gasteiger charge is 2.38. The number of hydrogen-bond acceptors (Lipinski definition) is 3. The molecule has 1 rings (SSSR count). The van der Waals surface area contributed by atoms with E-state index in [1.165, 1.54) is 12.8 Å². The summed E-state index contributed by atoms with van der Waals surface area (Å²) in [5.41, 5.74) is 0.124. The Hall–Kier alpha value is -0.570. The largest absolute Gasteiger partial charge is 0.465 e. The first kappa shape index (κ1) is 13.5. The van der Waals surface area contributed by atoms with E-state index in [4.69, 9.17) is 9.47 Å². The molecule has 16 heavy (non-hydrogen) atoms. The minimum Gasteiger partial charge on any atom is -0.465 e.